The summed E-state index contributed by atoms with van der Waals surface area (Å²) in [6.07, 6.45) is 14.6. The second-order valence-corrected chi connectivity index (χ2v) is 4.17. The van der Waals surface area contributed by atoms with Gasteiger partial charge >= 0.3 is 0 Å². The van der Waals surface area contributed by atoms with Crippen molar-refractivity contribution in [2.75, 3.05) is 0 Å². The van der Waals surface area contributed by atoms with Crippen molar-refractivity contribution in [1.82, 2.24) is 9.78 Å². The Morgan fingerprint density at radius 3 is 3.07 bits per heavy atom. The normalized spacial score (nSPS) is 19.7. The molecular weight excluding hydrogens is 184 g/mol. The monoisotopic (exact) mass is 202 g/mol. The van der Waals surface area contributed by atoms with Crippen molar-refractivity contribution in [2.45, 2.75) is 32.7 Å². The first-order valence-electron chi connectivity index (χ1n) is 5.68. The quantitative estimate of drug-likeness (QED) is 0.733. The van der Waals surface area contributed by atoms with E-state index in [9.17, 15) is 0 Å². The molecule has 80 valence electrons. The molecule has 1 aliphatic rings. The topological polar surface area (TPSA) is 17.8 Å². The second-order valence-electron chi connectivity index (χ2n) is 4.17. The Balaban J connectivity index is 1.71. The van der Waals surface area contributed by atoms with Crippen molar-refractivity contribution in [3.05, 3.63) is 42.3 Å². The predicted molar refractivity (Wildman–Crippen MR) is 62.6 cm³/mol. The van der Waals surface area contributed by atoms with Crippen LogP contribution in [0.4, 0.5) is 0 Å². The maximum absolute atomic E-state index is 4.38. The summed E-state index contributed by atoms with van der Waals surface area (Å²) >= 11 is 0. The van der Waals surface area contributed by atoms with Crippen molar-refractivity contribution in [3.63, 3.8) is 0 Å². The molecule has 1 aliphatic carbocycles. The highest BCUT2D eigenvalue weighted by Crippen LogP contribution is 2.17. The second kappa shape index (κ2) is 4.96. The Morgan fingerprint density at radius 1 is 1.47 bits per heavy atom. The fourth-order valence-electron chi connectivity index (χ4n) is 1.95. The number of rotatable bonds is 4. The van der Waals surface area contributed by atoms with Gasteiger partial charge in [-0.05, 0) is 38.2 Å². The van der Waals surface area contributed by atoms with Gasteiger partial charge in [-0.25, -0.2) is 0 Å². The van der Waals surface area contributed by atoms with Crippen molar-refractivity contribution >= 4 is 0 Å². The average molecular weight is 202 g/mol. The van der Waals surface area contributed by atoms with E-state index in [0.29, 0.717) is 0 Å². The highest BCUT2D eigenvalue weighted by molar-refractivity contribution is 5.10. The molecule has 1 atom stereocenters. The van der Waals surface area contributed by atoms with Crippen LogP contribution < -0.4 is 0 Å². The summed E-state index contributed by atoms with van der Waals surface area (Å²) in [5.41, 5.74) is 1.11. The number of nitrogens with zero attached hydrogens (tertiary/aromatic N) is 2. The summed E-state index contributed by atoms with van der Waals surface area (Å²) in [5, 5.41) is 4.38. The van der Waals surface area contributed by atoms with Gasteiger partial charge in [-0.2, -0.15) is 5.10 Å². The number of allylic oxidation sites excluding steroid dienone is 4. The van der Waals surface area contributed by atoms with Gasteiger partial charge < -0.3 is 0 Å². The number of hydrogen-bond acceptors (Lipinski definition) is 1. The van der Waals surface area contributed by atoms with Gasteiger partial charge in [0.1, 0.15) is 0 Å². The molecule has 1 unspecified atom stereocenters. The van der Waals surface area contributed by atoms with Crippen LogP contribution >= 0.6 is 0 Å². The molecule has 0 amide bonds. The van der Waals surface area contributed by atoms with Gasteiger partial charge in [-0.15, -0.1) is 0 Å². The Morgan fingerprint density at radius 2 is 2.40 bits per heavy atom. The lowest BCUT2D eigenvalue weighted by atomic mass is 9.96. The van der Waals surface area contributed by atoms with E-state index in [-0.39, 0.29) is 0 Å². The molecule has 0 bridgehead atoms. The van der Waals surface area contributed by atoms with Gasteiger partial charge in [0.15, 0.2) is 0 Å². The van der Waals surface area contributed by atoms with E-state index in [1.807, 2.05) is 11.6 Å². The Bertz CT molecular complexity index is 360. The Hall–Kier alpha value is -1.31. The van der Waals surface area contributed by atoms with Crippen LogP contribution in [0.25, 0.3) is 0 Å². The highest BCUT2D eigenvalue weighted by Gasteiger charge is 2.04. The van der Waals surface area contributed by atoms with Gasteiger partial charge in [0.25, 0.3) is 0 Å². The molecule has 0 N–H and O–H groups in total. The molecule has 1 aromatic rings. The predicted octanol–water partition coefficient (Wildman–Crippen LogP) is 3.10. The average Bonchev–Trinajstić information content (AvgIpc) is 2.66. The molecule has 0 fully saturated rings. The minimum absolute atomic E-state index is 0.742. The number of aryl methyl sites for hydroxylation is 2. The van der Waals surface area contributed by atoms with Crippen LogP contribution in [-0.2, 0) is 6.54 Å². The Kier molecular flexibility index (Phi) is 3.38. The van der Waals surface area contributed by atoms with E-state index >= 15 is 0 Å². The lowest BCUT2D eigenvalue weighted by Gasteiger charge is -2.12. The third-order valence-corrected chi connectivity index (χ3v) is 2.81. The molecule has 0 saturated heterocycles. The highest BCUT2D eigenvalue weighted by atomic mass is 15.3. The van der Waals surface area contributed by atoms with Crippen molar-refractivity contribution < 1.29 is 0 Å². The first-order valence-corrected chi connectivity index (χ1v) is 5.68. The molecule has 15 heavy (non-hydrogen) atoms. The third-order valence-electron chi connectivity index (χ3n) is 2.81. The molecule has 0 saturated carbocycles. The molecule has 2 rings (SSSR count). The molecule has 0 aliphatic heterocycles. The van der Waals surface area contributed by atoms with E-state index in [0.717, 1.165) is 18.2 Å². The number of aromatic nitrogens is 2. The molecule has 0 spiro atoms. The van der Waals surface area contributed by atoms with Gasteiger partial charge in [0.05, 0.1) is 5.69 Å². The first kappa shape index (κ1) is 10.2. The van der Waals surface area contributed by atoms with E-state index < -0.39 is 0 Å². The van der Waals surface area contributed by atoms with Crippen molar-refractivity contribution in [1.29, 1.82) is 0 Å². The van der Waals surface area contributed by atoms with E-state index in [1.54, 1.807) is 0 Å². The zero-order chi connectivity index (χ0) is 10.5. The zero-order valence-electron chi connectivity index (χ0n) is 9.26. The molecule has 2 heteroatoms. The molecule has 1 heterocycles. The minimum Gasteiger partial charge on any atom is -0.273 e. The van der Waals surface area contributed by atoms with Gasteiger partial charge in [-0.1, -0.05) is 24.3 Å². The fourth-order valence-corrected chi connectivity index (χ4v) is 1.95. The smallest absolute Gasteiger partial charge is 0.0593 e. The van der Waals surface area contributed by atoms with Crippen molar-refractivity contribution in [2.24, 2.45) is 5.92 Å². The van der Waals surface area contributed by atoms with E-state index in [4.69, 9.17) is 0 Å². The van der Waals surface area contributed by atoms with Crippen LogP contribution in [0.5, 0.6) is 0 Å². The zero-order valence-corrected chi connectivity index (χ0v) is 9.26. The molecule has 2 nitrogen and oxygen atoms in total. The fraction of sp³-hybridized carbons (Fsp3) is 0.462. The van der Waals surface area contributed by atoms with Crippen LogP contribution in [-0.4, -0.2) is 9.78 Å². The summed E-state index contributed by atoms with van der Waals surface area (Å²) in [6, 6.07) is 2.06. The van der Waals surface area contributed by atoms with Gasteiger partial charge in [0.2, 0.25) is 0 Å². The molecule has 0 radical (unpaired) electrons. The summed E-state index contributed by atoms with van der Waals surface area (Å²) in [4.78, 5) is 0. The van der Waals surface area contributed by atoms with E-state index in [2.05, 4.69) is 41.7 Å². The van der Waals surface area contributed by atoms with Gasteiger partial charge in [-0.3, -0.25) is 4.68 Å². The van der Waals surface area contributed by atoms with Crippen molar-refractivity contribution in [3.8, 4) is 0 Å². The minimum atomic E-state index is 0.742. The van der Waals surface area contributed by atoms with Gasteiger partial charge in [0, 0.05) is 12.7 Å². The van der Waals surface area contributed by atoms with Crippen LogP contribution in [0.15, 0.2) is 36.6 Å². The van der Waals surface area contributed by atoms with Crippen LogP contribution in [0.3, 0.4) is 0 Å². The summed E-state index contributed by atoms with van der Waals surface area (Å²) < 4.78 is 2.04. The third kappa shape index (κ3) is 3.08. The largest absolute Gasteiger partial charge is 0.273 e. The maximum atomic E-state index is 4.38. The standard InChI is InChI=1S/C13H18N2/c1-12-9-11-15(14-12)10-5-8-13-6-3-2-4-7-13/h2-4,6,9,11,13H,5,7-8,10H2,1H3. The molecule has 0 aromatic carbocycles. The Labute approximate surface area is 91.3 Å². The summed E-state index contributed by atoms with van der Waals surface area (Å²) in [6.45, 7) is 3.08. The van der Waals surface area contributed by atoms with E-state index in [1.165, 1.54) is 19.3 Å². The van der Waals surface area contributed by atoms with Crippen LogP contribution in [0.1, 0.15) is 25.0 Å². The van der Waals surface area contributed by atoms with Crippen LogP contribution in [0, 0.1) is 12.8 Å². The number of hydrogen-bond donors (Lipinski definition) is 0. The van der Waals surface area contributed by atoms with Crippen LogP contribution in [0.2, 0.25) is 0 Å². The first-order chi connectivity index (χ1) is 7.34. The summed E-state index contributed by atoms with van der Waals surface area (Å²) in [7, 11) is 0. The summed E-state index contributed by atoms with van der Waals surface area (Å²) in [5.74, 6) is 0.742. The molecular formula is C13H18N2. The SMILES string of the molecule is Cc1ccn(CCCC2C=CC=CC2)n1. The molecule has 1 aromatic heterocycles. The lowest BCUT2D eigenvalue weighted by molar-refractivity contribution is 0.494. The lowest BCUT2D eigenvalue weighted by Crippen LogP contribution is -2.03. The maximum Gasteiger partial charge on any atom is 0.0593 e.